The minimum atomic E-state index is 0.145. The molecular formula is C24H23N7O2. The summed E-state index contributed by atoms with van der Waals surface area (Å²) in [6, 6.07) is 21.2. The van der Waals surface area contributed by atoms with Gasteiger partial charge in [0.15, 0.2) is 0 Å². The standard InChI is InChI=1S/C24H23N7O2/c32-21-8-4-3-7-19(21)16-25-30-23-27-22(28-24(29-23)31-11-13-33-14-12-31)26-20-10-9-17-5-1-2-6-18(17)15-20/h1-10,15-16,32H,11-14H2,(H2,26,27,28,29,30)/b25-16+. The number of para-hydroxylation sites is 1. The van der Waals surface area contributed by atoms with Gasteiger partial charge in [0.1, 0.15) is 5.75 Å². The Hall–Kier alpha value is -4.24. The van der Waals surface area contributed by atoms with E-state index in [0.29, 0.717) is 49.7 Å². The molecule has 0 unspecified atom stereocenters. The summed E-state index contributed by atoms with van der Waals surface area (Å²) >= 11 is 0. The number of anilines is 4. The molecule has 9 nitrogen and oxygen atoms in total. The molecule has 0 atom stereocenters. The largest absolute Gasteiger partial charge is 0.507 e. The van der Waals surface area contributed by atoms with E-state index in [-0.39, 0.29) is 5.75 Å². The van der Waals surface area contributed by atoms with Crippen LogP contribution >= 0.6 is 0 Å². The van der Waals surface area contributed by atoms with Crippen molar-refractivity contribution in [2.45, 2.75) is 0 Å². The van der Waals surface area contributed by atoms with E-state index in [0.717, 1.165) is 16.5 Å². The van der Waals surface area contributed by atoms with Gasteiger partial charge in [0, 0.05) is 24.3 Å². The van der Waals surface area contributed by atoms with Gasteiger partial charge in [-0.15, -0.1) is 0 Å². The number of benzene rings is 3. The zero-order valence-electron chi connectivity index (χ0n) is 17.8. The number of nitrogens with one attached hydrogen (secondary N) is 2. The first-order valence-corrected chi connectivity index (χ1v) is 10.7. The first kappa shape index (κ1) is 20.7. The van der Waals surface area contributed by atoms with E-state index >= 15 is 0 Å². The summed E-state index contributed by atoms with van der Waals surface area (Å²) in [5, 5.41) is 19.7. The Morgan fingerprint density at radius 1 is 0.879 bits per heavy atom. The molecule has 1 aliphatic heterocycles. The highest BCUT2D eigenvalue weighted by Gasteiger charge is 2.17. The van der Waals surface area contributed by atoms with Crippen LogP contribution in [-0.4, -0.2) is 52.6 Å². The van der Waals surface area contributed by atoms with Crippen LogP contribution < -0.4 is 15.6 Å². The Kier molecular flexibility index (Phi) is 5.94. The fourth-order valence-electron chi connectivity index (χ4n) is 3.53. The molecule has 2 heterocycles. The molecule has 1 aromatic heterocycles. The maximum Gasteiger partial charge on any atom is 0.250 e. The molecule has 3 aromatic carbocycles. The molecule has 166 valence electrons. The second-order valence-electron chi connectivity index (χ2n) is 7.50. The summed E-state index contributed by atoms with van der Waals surface area (Å²) in [7, 11) is 0. The Labute approximate surface area is 190 Å². The summed E-state index contributed by atoms with van der Waals surface area (Å²) in [5.74, 6) is 1.38. The Morgan fingerprint density at radius 2 is 1.64 bits per heavy atom. The number of phenols is 1. The van der Waals surface area contributed by atoms with Crippen molar-refractivity contribution in [3.63, 3.8) is 0 Å². The molecule has 0 bridgehead atoms. The predicted octanol–water partition coefficient (Wildman–Crippen LogP) is 3.76. The van der Waals surface area contributed by atoms with Crippen molar-refractivity contribution in [3.8, 4) is 5.75 Å². The first-order valence-electron chi connectivity index (χ1n) is 10.7. The van der Waals surface area contributed by atoms with E-state index in [1.54, 1.807) is 18.2 Å². The molecule has 1 saturated heterocycles. The fraction of sp³-hybridized carbons (Fsp3) is 0.167. The predicted molar refractivity (Wildman–Crippen MR) is 129 cm³/mol. The van der Waals surface area contributed by atoms with Gasteiger partial charge in [-0.2, -0.15) is 20.1 Å². The second kappa shape index (κ2) is 9.49. The molecule has 3 N–H and O–H groups in total. The number of aromatic nitrogens is 3. The van der Waals surface area contributed by atoms with E-state index < -0.39 is 0 Å². The van der Waals surface area contributed by atoms with E-state index in [4.69, 9.17) is 4.74 Å². The lowest BCUT2D eigenvalue weighted by molar-refractivity contribution is 0.122. The normalized spacial score (nSPS) is 14.0. The highest BCUT2D eigenvalue weighted by Crippen LogP contribution is 2.23. The molecule has 9 heteroatoms. The van der Waals surface area contributed by atoms with Crippen LogP contribution in [0.1, 0.15) is 5.56 Å². The maximum atomic E-state index is 9.92. The Bertz CT molecular complexity index is 1290. The quantitative estimate of drug-likeness (QED) is 0.307. The Balaban J connectivity index is 1.42. The van der Waals surface area contributed by atoms with E-state index in [9.17, 15) is 5.11 Å². The van der Waals surface area contributed by atoms with Gasteiger partial charge < -0.3 is 20.1 Å². The topological polar surface area (TPSA) is 108 Å². The number of phenolic OH excluding ortho intramolecular Hbond substituents is 1. The zero-order chi connectivity index (χ0) is 22.5. The molecule has 33 heavy (non-hydrogen) atoms. The van der Waals surface area contributed by atoms with Gasteiger partial charge in [-0.1, -0.05) is 42.5 Å². The van der Waals surface area contributed by atoms with Gasteiger partial charge in [0.25, 0.3) is 0 Å². The van der Waals surface area contributed by atoms with Gasteiger partial charge in [-0.3, -0.25) is 0 Å². The second-order valence-corrected chi connectivity index (χ2v) is 7.50. The SMILES string of the molecule is Oc1ccccc1/C=N/Nc1nc(Nc2ccc3ccccc3c2)nc(N2CCOCC2)n1. The lowest BCUT2D eigenvalue weighted by Crippen LogP contribution is -2.37. The van der Waals surface area contributed by atoms with Gasteiger partial charge in [0.2, 0.25) is 17.8 Å². The molecule has 5 rings (SSSR count). The van der Waals surface area contributed by atoms with Crippen LogP contribution in [0.25, 0.3) is 10.8 Å². The Morgan fingerprint density at radius 3 is 2.48 bits per heavy atom. The van der Waals surface area contributed by atoms with Crippen molar-refractivity contribution < 1.29 is 9.84 Å². The minimum absolute atomic E-state index is 0.145. The number of nitrogens with zero attached hydrogens (tertiary/aromatic N) is 5. The van der Waals surface area contributed by atoms with Gasteiger partial charge >= 0.3 is 0 Å². The van der Waals surface area contributed by atoms with Gasteiger partial charge in [0.05, 0.1) is 19.4 Å². The van der Waals surface area contributed by atoms with Gasteiger partial charge in [-0.05, 0) is 35.0 Å². The van der Waals surface area contributed by atoms with E-state index in [2.05, 4.69) is 60.0 Å². The van der Waals surface area contributed by atoms with Crippen molar-refractivity contribution in [3.05, 3.63) is 72.3 Å². The first-order chi connectivity index (χ1) is 16.2. The summed E-state index contributed by atoms with van der Waals surface area (Å²) < 4.78 is 5.45. The highest BCUT2D eigenvalue weighted by molar-refractivity contribution is 5.86. The molecule has 0 saturated carbocycles. The molecular weight excluding hydrogens is 418 g/mol. The van der Waals surface area contributed by atoms with Crippen LogP contribution in [0.3, 0.4) is 0 Å². The molecule has 0 radical (unpaired) electrons. The lowest BCUT2D eigenvalue weighted by atomic mass is 10.1. The fourth-order valence-corrected chi connectivity index (χ4v) is 3.53. The molecule has 0 amide bonds. The van der Waals surface area contributed by atoms with E-state index in [1.807, 2.05) is 24.3 Å². The van der Waals surface area contributed by atoms with Crippen molar-refractivity contribution in [1.82, 2.24) is 15.0 Å². The van der Waals surface area contributed by atoms with Gasteiger partial charge in [-0.25, -0.2) is 5.43 Å². The number of hydrogen-bond acceptors (Lipinski definition) is 9. The van der Waals surface area contributed by atoms with E-state index in [1.165, 1.54) is 6.21 Å². The number of hydrazone groups is 1. The number of fused-ring (bicyclic) bond motifs is 1. The average Bonchev–Trinajstić information content (AvgIpc) is 2.86. The number of hydrogen-bond donors (Lipinski definition) is 3. The van der Waals surface area contributed by atoms with Crippen molar-refractivity contribution in [1.29, 1.82) is 0 Å². The third-order valence-electron chi connectivity index (χ3n) is 5.23. The number of morpholine rings is 1. The summed E-state index contributed by atoms with van der Waals surface area (Å²) in [4.78, 5) is 15.7. The van der Waals surface area contributed by atoms with Crippen LogP contribution in [0.4, 0.5) is 23.5 Å². The van der Waals surface area contributed by atoms with Crippen LogP contribution in [0, 0.1) is 0 Å². The lowest BCUT2D eigenvalue weighted by Gasteiger charge is -2.27. The number of ether oxygens (including phenoxy) is 1. The summed E-state index contributed by atoms with van der Waals surface area (Å²) in [6.07, 6.45) is 1.52. The monoisotopic (exact) mass is 441 g/mol. The average molecular weight is 441 g/mol. The third-order valence-corrected chi connectivity index (χ3v) is 5.23. The molecule has 1 fully saturated rings. The van der Waals surface area contributed by atoms with Crippen molar-refractivity contribution in [2.24, 2.45) is 5.10 Å². The number of rotatable bonds is 6. The summed E-state index contributed by atoms with van der Waals surface area (Å²) in [6.45, 7) is 2.63. The molecule has 4 aromatic rings. The van der Waals surface area contributed by atoms with Crippen LogP contribution in [-0.2, 0) is 4.74 Å². The highest BCUT2D eigenvalue weighted by atomic mass is 16.5. The smallest absolute Gasteiger partial charge is 0.250 e. The maximum absolute atomic E-state index is 9.92. The third kappa shape index (κ3) is 4.99. The molecule has 0 spiro atoms. The minimum Gasteiger partial charge on any atom is -0.507 e. The van der Waals surface area contributed by atoms with Crippen LogP contribution in [0.2, 0.25) is 0 Å². The molecule has 1 aliphatic rings. The van der Waals surface area contributed by atoms with Crippen molar-refractivity contribution in [2.75, 3.05) is 41.9 Å². The van der Waals surface area contributed by atoms with Crippen molar-refractivity contribution >= 4 is 40.5 Å². The zero-order valence-corrected chi connectivity index (χ0v) is 17.8. The number of aromatic hydroxyl groups is 1. The van der Waals surface area contributed by atoms with Crippen LogP contribution in [0.5, 0.6) is 5.75 Å². The molecule has 0 aliphatic carbocycles. The van der Waals surface area contributed by atoms with Crippen LogP contribution in [0.15, 0.2) is 71.8 Å². The summed E-state index contributed by atoms with van der Waals surface area (Å²) in [5.41, 5.74) is 4.31.